The Morgan fingerprint density at radius 3 is 2.42 bits per heavy atom. The Morgan fingerprint density at radius 2 is 1.77 bits per heavy atom. The summed E-state index contributed by atoms with van der Waals surface area (Å²) in [5.41, 5.74) is -0.120. The van der Waals surface area contributed by atoms with Gasteiger partial charge in [-0.2, -0.15) is 23.4 Å². The van der Waals surface area contributed by atoms with Crippen molar-refractivity contribution < 1.29 is 22.8 Å². The number of amides is 2. The molecular formula is C22H21F3N4O2. The number of nitrogens with one attached hydrogen (secondary N) is 1. The highest BCUT2D eigenvalue weighted by Crippen LogP contribution is 2.43. The number of alkyl halides is 3. The average molecular weight is 430 g/mol. The predicted molar refractivity (Wildman–Crippen MR) is 108 cm³/mol. The Morgan fingerprint density at radius 1 is 1.10 bits per heavy atom. The lowest BCUT2D eigenvalue weighted by Gasteiger charge is -2.30. The van der Waals surface area contributed by atoms with Crippen molar-refractivity contribution in [3.05, 3.63) is 59.2 Å². The van der Waals surface area contributed by atoms with Crippen molar-refractivity contribution >= 4 is 23.2 Å². The van der Waals surface area contributed by atoms with Gasteiger partial charge in [-0.05, 0) is 49.1 Å². The van der Waals surface area contributed by atoms with Gasteiger partial charge in [0.15, 0.2) is 6.04 Å². The molecule has 2 aliphatic heterocycles. The van der Waals surface area contributed by atoms with Crippen LogP contribution in [0.1, 0.15) is 47.3 Å². The van der Waals surface area contributed by atoms with Gasteiger partial charge in [0.05, 0.1) is 16.9 Å². The number of nitrogens with zero attached hydrogens (tertiary/aromatic N) is 3. The summed E-state index contributed by atoms with van der Waals surface area (Å²) in [7, 11) is 0. The Balaban J connectivity index is 1.49. The Labute approximate surface area is 177 Å². The van der Waals surface area contributed by atoms with Crippen LogP contribution >= 0.6 is 0 Å². The molecule has 2 aliphatic rings. The van der Waals surface area contributed by atoms with Crippen molar-refractivity contribution in [2.24, 2.45) is 16.1 Å². The van der Waals surface area contributed by atoms with Crippen molar-refractivity contribution in [2.75, 3.05) is 18.4 Å². The number of likely N-dealkylation sites (tertiary alicyclic amines) is 1. The molecule has 6 nitrogen and oxygen atoms in total. The van der Waals surface area contributed by atoms with E-state index in [2.05, 4.69) is 22.5 Å². The number of hydrogen-bond donors (Lipinski definition) is 1. The van der Waals surface area contributed by atoms with Crippen molar-refractivity contribution in [3.63, 3.8) is 0 Å². The number of anilines is 1. The first kappa shape index (κ1) is 21.0. The fourth-order valence-electron chi connectivity index (χ4n) is 3.81. The highest BCUT2D eigenvalue weighted by atomic mass is 19.4. The number of fused-ring (bicyclic) bond motifs is 1. The maximum Gasteiger partial charge on any atom is 0.418 e. The number of rotatable bonds is 3. The Kier molecular flexibility index (Phi) is 5.51. The number of para-hydroxylation sites is 1. The van der Waals surface area contributed by atoms with Crippen LogP contribution < -0.4 is 5.32 Å². The molecule has 9 heteroatoms. The molecule has 0 radical (unpaired) electrons. The SMILES string of the molecule is CC1CCN(C(=O)c2ccc(N=N[C@H]3C(=O)Nc4c3cccc4C(F)(F)F)cc2)CC1. The van der Waals surface area contributed by atoms with Crippen LogP contribution in [0, 0.1) is 5.92 Å². The molecular weight excluding hydrogens is 409 g/mol. The highest BCUT2D eigenvalue weighted by Gasteiger charge is 2.40. The first-order valence-corrected chi connectivity index (χ1v) is 10.0. The van der Waals surface area contributed by atoms with Crippen LogP contribution in [-0.2, 0) is 11.0 Å². The molecule has 0 bridgehead atoms. The van der Waals surface area contributed by atoms with E-state index in [-0.39, 0.29) is 17.2 Å². The fraction of sp³-hybridized carbons (Fsp3) is 0.364. The van der Waals surface area contributed by atoms with Crippen LogP contribution in [0.4, 0.5) is 24.5 Å². The summed E-state index contributed by atoms with van der Waals surface area (Å²) in [6, 6.07) is 8.90. The van der Waals surface area contributed by atoms with Gasteiger partial charge >= 0.3 is 6.18 Å². The van der Waals surface area contributed by atoms with Gasteiger partial charge in [-0.1, -0.05) is 19.1 Å². The van der Waals surface area contributed by atoms with E-state index in [0.717, 1.165) is 32.0 Å². The molecule has 2 aromatic rings. The number of azo groups is 1. The molecule has 1 fully saturated rings. The summed E-state index contributed by atoms with van der Waals surface area (Å²) in [6.45, 7) is 3.64. The lowest BCUT2D eigenvalue weighted by atomic mass is 9.98. The normalized spacial score (nSPS) is 19.5. The summed E-state index contributed by atoms with van der Waals surface area (Å²) in [5, 5.41) is 10.2. The van der Waals surface area contributed by atoms with Crippen LogP contribution in [0.3, 0.4) is 0 Å². The van der Waals surface area contributed by atoms with Crippen molar-refractivity contribution in [2.45, 2.75) is 32.0 Å². The molecule has 31 heavy (non-hydrogen) atoms. The second-order valence-electron chi connectivity index (χ2n) is 7.90. The first-order chi connectivity index (χ1) is 14.7. The second kappa shape index (κ2) is 8.13. The standard InChI is InChI=1S/C22H21F3N4O2/c1-13-9-11-29(12-10-13)21(31)14-5-7-15(8-6-14)27-28-19-16-3-2-4-17(22(23,24)25)18(16)26-20(19)30/h2-8,13,19H,9-12H2,1H3,(H,26,30)/t19-/m1/s1. The monoisotopic (exact) mass is 430 g/mol. The third-order valence-corrected chi connectivity index (χ3v) is 5.67. The molecule has 0 aliphatic carbocycles. The molecule has 162 valence electrons. The van der Waals surface area contributed by atoms with E-state index in [1.807, 2.05) is 4.90 Å². The summed E-state index contributed by atoms with van der Waals surface area (Å²) >= 11 is 0. The molecule has 0 spiro atoms. The Hall–Kier alpha value is -3.23. The summed E-state index contributed by atoms with van der Waals surface area (Å²) < 4.78 is 39.5. The lowest BCUT2D eigenvalue weighted by Crippen LogP contribution is -2.37. The van der Waals surface area contributed by atoms with Crippen LogP contribution in [0.2, 0.25) is 0 Å². The average Bonchev–Trinajstić information content (AvgIpc) is 3.07. The lowest BCUT2D eigenvalue weighted by molar-refractivity contribution is -0.136. The van der Waals surface area contributed by atoms with E-state index in [0.29, 0.717) is 17.2 Å². The van der Waals surface area contributed by atoms with Crippen LogP contribution in [0.25, 0.3) is 0 Å². The van der Waals surface area contributed by atoms with Crippen molar-refractivity contribution in [3.8, 4) is 0 Å². The minimum Gasteiger partial charge on any atom is -0.339 e. The molecule has 0 aromatic heterocycles. The smallest absolute Gasteiger partial charge is 0.339 e. The molecule has 0 saturated carbocycles. The van der Waals surface area contributed by atoms with Gasteiger partial charge in [0.2, 0.25) is 0 Å². The number of hydrogen-bond acceptors (Lipinski definition) is 4. The third kappa shape index (κ3) is 4.30. The van der Waals surface area contributed by atoms with Gasteiger partial charge in [-0.25, -0.2) is 0 Å². The molecule has 1 N–H and O–H groups in total. The molecule has 2 aromatic carbocycles. The Bertz CT molecular complexity index is 1030. The minimum absolute atomic E-state index is 0.0424. The van der Waals surface area contributed by atoms with Crippen LogP contribution in [-0.4, -0.2) is 29.8 Å². The number of piperidine rings is 1. The zero-order chi connectivity index (χ0) is 22.2. The van der Waals surface area contributed by atoms with Crippen molar-refractivity contribution in [1.29, 1.82) is 0 Å². The van der Waals surface area contributed by atoms with Gasteiger partial charge in [-0.15, -0.1) is 0 Å². The molecule has 2 amide bonds. The maximum atomic E-state index is 13.2. The quantitative estimate of drug-likeness (QED) is 0.666. The first-order valence-electron chi connectivity index (χ1n) is 10.0. The van der Waals surface area contributed by atoms with Crippen molar-refractivity contribution in [1.82, 2.24) is 4.90 Å². The summed E-state index contributed by atoms with van der Waals surface area (Å²) in [6.07, 6.45) is -2.61. The van der Waals surface area contributed by atoms with E-state index in [1.165, 1.54) is 12.1 Å². The molecule has 1 saturated heterocycles. The van der Waals surface area contributed by atoms with Gasteiger partial charge < -0.3 is 10.2 Å². The highest BCUT2D eigenvalue weighted by molar-refractivity contribution is 6.03. The topological polar surface area (TPSA) is 74.1 Å². The minimum atomic E-state index is -4.58. The maximum absolute atomic E-state index is 13.2. The van der Waals surface area contributed by atoms with E-state index < -0.39 is 23.7 Å². The fourth-order valence-corrected chi connectivity index (χ4v) is 3.81. The number of carbonyl (C=O) groups excluding carboxylic acids is 2. The van der Waals surface area contributed by atoms with Gasteiger partial charge in [0.1, 0.15) is 0 Å². The van der Waals surface area contributed by atoms with Crippen LogP contribution in [0.15, 0.2) is 52.7 Å². The second-order valence-corrected chi connectivity index (χ2v) is 7.90. The number of carbonyl (C=O) groups is 2. The molecule has 4 rings (SSSR count). The largest absolute Gasteiger partial charge is 0.418 e. The molecule has 1 atom stereocenters. The van der Waals surface area contributed by atoms with E-state index >= 15 is 0 Å². The predicted octanol–water partition coefficient (Wildman–Crippen LogP) is 5.35. The molecule has 0 unspecified atom stereocenters. The van der Waals surface area contributed by atoms with E-state index in [4.69, 9.17) is 0 Å². The summed E-state index contributed by atoms with van der Waals surface area (Å²) in [5.74, 6) is -0.0855. The summed E-state index contributed by atoms with van der Waals surface area (Å²) in [4.78, 5) is 26.6. The number of benzene rings is 2. The number of halogens is 3. The van der Waals surface area contributed by atoms with E-state index in [9.17, 15) is 22.8 Å². The zero-order valence-electron chi connectivity index (χ0n) is 16.8. The van der Waals surface area contributed by atoms with Gasteiger partial charge in [-0.3, -0.25) is 9.59 Å². The van der Waals surface area contributed by atoms with Crippen LogP contribution in [0.5, 0.6) is 0 Å². The van der Waals surface area contributed by atoms with E-state index in [1.54, 1.807) is 24.3 Å². The molecule has 2 heterocycles. The van der Waals surface area contributed by atoms with Gasteiger partial charge in [0.25, 0.3) is 11.8 Å². The zero-order valence-corrected chi connectivity index (χ0v) is 16.8. The van der Waals surface area contributed by atoms with Gasteiger partial charge in [0, 0.05) is 24.2 Å². The third-order valence-electron chi connectivity index (χ3n) is 5.67.